The van der Waals surface area contributed by atoms with Gasteiger partial charge in [-0.05, 0) is 61.1 Å². The Balaban J connectivity index is 2.13. The van der Waals surface area contributed by atoms with E-state index in [0.29, 0.717) is 18.4 Å². The van der Waals surface area contributed by atoms with Crippen molar-refractivity contribution in [1.29, 1.82) is 0 Å². The Hall–Kier alpha value is -2.42. The molecule has 0 amide bonds. The number of ether oxygens (including phenoxy) is 2. The van der Waals surface area contributed by atoms with E-state index in [1.165, 1.54) is 19.1 Å². The minimum absolute atomic E-state index is 0.0731. The van der Waals surface area contributed by atoms with Gasteiger partial charge < -0.3 is 9.47 Å². The maximum absolute atomic E-state index is 12.9. The highest BCUT2D eigenvalue weighted by atomic mass is 35.5. The van der Waals surface area contributed by atoms with Crippen LogP contribution >= 0.6 is 11.6 Å². The number of hydrogen-bond acceptors (Lipinski definition) is 3. The van der Waals surface area contributed by atoms with Gasteiger partial charge in [-0.15, -0.1) is 0 Å². The van der Waals surface area contributed by atoms with Crippen LogP contribution in [0, 0.1) is 0 Å². The lowest BCUT2D eigenvalue weighted by Crippen LogP contribution is -2.28. The molecule has 3 rings (SSSR count). The van der Waals surface area contributed by atoms with E-state index >= 15 is 0 Å². The number of esters is 1. The average molecular weight is 481 g/mol. The first-order chi connectivity index (χ1) is 14.8. The van der Waals surface area contributed by atoms with Gasteiger partial charge in [0, 0.05) is 12.5 Å². The average Bonchev–Trinajstić information content (AvgIpc) is 3.14. The highest BCUT2D eigenvalue weighted by Crippen LogP contribution is 2.47. The number of carbonyl (C=O) groups excluding carboxylic acids is 1. The summed E-state index contributed by atoms with van der Waals surface area (Å²) < 4.78 is 87.6. The monoisotopic (exact) mass is 480 g/mol. The molecule has 0 saturated heterocycles. The Morgan fingerprint density at radius 3 is 2.12 bits per heavy atom. The Labute approximate surface area is 185 Å². The number of rotatable bonds is 5. The lowest BCUT2D eigenvalue weighted by Gasteiger charge is -2.30. The van der Waals surface area contributed by atoms with Crippen LogP contribution in [0.4, 0.5) is 26.3 Å². The maximum atomic E-state index is 12.9. The van der Waals surface area contributed by atoms with Gasteiger partial charge in [0.1, 0.15) is 11.4 Å². The highest BCUT2D eigenvalue weighted by Gasteiger charge is 2.40. The minimum atomic E-state index is -4.65. The molecule has 0 spiro atoms. The van der Waals surface area contributed by atoms with Crippen LogP contribution in [0.25, 0.3) is 11.1 Å². The zero-order valence-corrected chi connectivity index (χ0v) is 17.6. The van der Waals surface area contributed by atoms with Crippen molar-refractivity contribution in [3.8, 4) is 16.9 Å². The van der Waals surface area contributed by atoms with Crippen molar-refractivity contribution in [2.45, 2.75) is 50.6 Å². The minimum Gasteiger partial charge on any atom is -0.482 e. The van der Waals surface area contributed by atoms with Crippen LogP contribution in [0.15, 0.2) is 36.4 Å². The lowest BCUT2D eigenvalue weighted by molar-refractivity contribution is -0.158. The Morgan fingerprint density at radius 1 is 1.03 bits per heavy atom. The van der Waals surface area contributed by atoms with Crippen molar-refractivity contribution in [2.24, 2.45) is 0 Å². The van der Waals surface area contributed by atoms with Gasteiger partial charge >= 0.3 is 18.3 Å². The molecule has 2 aromatic carbocycles. The van der Waals surface area contributed by atoms with E-state index in [2.05, 4.69) is 0 Å². The third-order valence-corrected chi connectivity index (χ3v) is 5.50. The summed E-state index contributed by atoms with van der Waals surface area (Å²) in [5.74, 6) is -0.847. The Kier molecular flexibility index (Phi) is 6.70. The Morgan fingerprint density at radius 2 is 1.62 bits per heavy atom. The lowest BCUT2D eigenvalue weighted by atomic mass is 9.88. The molecule has 10 heteroatoms. The molecule has 1 aliphatic rings. The normalized spacial score (nSPS) is 16.1. The maximum Gasteiger partial charge on any atom is 0.422 e. The first-order valence-electron chi connectivity index (χ1n) is 9.71. The van der Waals surface area contributed by atoms with Crippen LogP contribution in [0.5, 0.6) is 5.75 Å². The first kappa shape index (κ1) is 24.2. The van der Waals surface area contributed by atoms with Crippen LogP contribution < -0.4 is 4.74 Å². The number of carbonyl (C=O) groups is 1. The summed E-state index contributed by atoms with van der Waals surface area (Å²) in [7, 11) is 0. The van der Waals surface area contributed by atoms with Gasteiger partial charge in [0.15, 0.2) is 6.61 Å². The zero-order chi connectivity index (χ0) is 23.7. The van der Waals surface area contributed by atoms with Crippen LogP contribution in [-0.2, 0) is 21.3 Å². The van der Waals surface area contributed by atoms with Gasteiger partial charge in [-0.1, -0.05) is 23.7 Å². The second-order valence-corrected chi connectivity index (χ2v) is 8.02. The molecule has 1 fully saturated rings. The van der Waals surface area contributed by atoms with Crippen molar-refractivity contribution < 1.29 is 40.6 Å². The van der Waals surface area contributed by atoms with Crippen molar-refractivity contribution in [1.82, 2.24) is 0 Å². The van der Waals surface area contributed by atoms with Gasteiger partial charge in [0.25, 0.3) is 0 Å². The molecule has 0 aromatic heterocycles. The summed E-state index contributed by atoms with van der Waals surface area (Å²) in [6, 6.07) is 6.75. The SMILES string of the molecule is CC(=O)OC1(c2cc(Cl)c(OCC(F)(F)F)c(-c3ccc(C(F)(F)F)cc3)c2)CCCC1. The van der Waals surface area contributed by atoms with Crippen LogP contribution in [0.1, 0.15) is 43.7 Å². The van der Waals surface area contributed by atoms with Gasteiger partial charge in [-0.2, -0.15) is 26.3 Å². The molecule has 1 saturated carbocycles. The topological polar surface area (TPSA) is 35.5 Å². The molecule has 0 N–H and O–H groups in total. The summed E-state index contributed by atoms with van der Waals surface area (Å²) in [4.78, 5) is 11.7. The third kappa shape index (κ3) is 5.49. The molecule has 0 atom stereocenters. The molecule has 0 unspecified atom stereocenters. The molecule has 2 aromatic rings. The number of hydrogen-bond donors (Lipinski definition) is 0. The first-order valence-corrected chi connectivity index (χ1v) is 10.1. The van der Waals surface area contributed by atoms with E-state index < -0.39 is 36.1 Å². The van der Waals surface area contributed by atoms with Crippen molar-refractivity contribution in [3.05, 3.63) is 52.5 Å². The molecule has 0 aliphatic heterocycles. The van der Waals surface area contributed by atoms with E-state index in [9.17, 15) is 31.1 Å². The van der Waals surface area contributed by atoms with Crippen molar-refractivity contribution in [3.63, 3.8) is 0 Å². The van der Waals surface area contributed by atoms with E-state index in [1.807, 2.05) is 0 Å². The van der Waals surface area contributed by atoms with E-state index in [-0.39, 0.29) is 21.9 Å². The summed E-state index contributed by atoms with van der Waals surface area (Å²) >= 11 is 6.28. The van der Waals surface area contributed by atoms with E-state index in [0.717, 1.165) is 37.1 Å². The fourth-order valence-corrected chi connectivity index (χ4v) is 4.16. The molecule has 174 valence electrons. The van der Waals surface area contributed by atoms with E-state index in [4.69, 9.17) is 21.1 Å². The fourth-order valence-electron chi connectivity index (χ4n) is 3.88. The Bertz CT molecular complexity index is 977. The molecule has 0 radical (unpaired) electrons. The summed E-state index contributed by atoms with van der Waals surface area (Å²) in [5.41, 5.74) is -1.23. The molecular formula is C22H19ClF6O3. The fraction of sp³-hybridized carbons (Fsp3) is 0.409. The summed E-state index contributed by atoms with van der Waals surface area (Å²) in [6.07, 6.45) is -6.74. The molecule has 32 heavy (non-hydrogen) atoms. The summed E-state index contributed by atoms with van der Waals surface area (Å²) in [6.45, 7) is -0.381. The van der Waals surface area contributed by atoms with Crippen LogP contribution in [-0.4, -0.2) is 18.8 Å². The molecular weight excluding hydrogens is 462 g/mol. The quantitative estimate of drug-likeness (QED) is 0.333. The van der Waals surface area contributed by atoms with Crippen LogP contribution in [0.3, 0.4) is 0 Å². The molecule has 0 heterocycles. The van der Waals surface area contributed by atoms with E-state index in [1.54, 1.807) is 0 Å². The van der Waals surface area contributed by atoms with Gasteiger partial charge in [-0.25, -0.2) is 0 Å². The van der Waals surface area contributed by atoms with Crippen LogP contribution in [0.2, 0.25) is 5.02 Å². The molecule has 1 aliphatic carbocycles. The van der Waals surface area contributed by atoms with Gasteiger partial charge in [-0.3, -0.25) is 4.79 Å². The highest BCUT2D eigenvalue weighted by molar-refractivity contribution is 6.32. The smallest absolute Gasteiger partial charge is 0.422 e. The molecule has 3 nitrogen and oxygen atoms in total. The van der Waals surface area contributed by atoms with Crippen molar-refractivity contribution >= 4 is 17.6 Å². The predicted molar refractivity (Wildman–Crippen MR) is 105 cm³/mol. The second-order valence-electron chi connectivity index (χ2n) is 7.61. The summed E-state index contributed by atoms with van der Waals surface area (Å²) in [5, 5.41) is -0.167. The number of alkyl halides is 6. The largest absolute Gasteiger partial charge is 0.482 e. The predicted octanol–water partition coefficient (Wildman–Crippen LogP) is 7.30. The number of halogens is 7. The van der Waals surface area contributed by atoms with Gasteiger partial charge in [0.2, 0.25) is 0 Å². The standard InChI is InChI=1S/C22H19ClF6O3/c1-13(30)32-20(8-2-3-9-20)16-10-17(14-4-6-15(7-5-14)22(27,28)29)19(18(23)11-16)31-12-21(24,25)26/h4-7,10-11H,2-3,8-9,12H2,1H3. The third-order valence-electron chi connectivity index (χ3n) is 5.22. The second kappa shape index (κ2) is 8.84. The van der Waals surface area contributed by atoms with Gasteiger partial charge in [0.05, 0.1) is 10.6 Å². The molecule has 0 bridgehead atoms. The number of benzene rings is 2. The zero-order valence-electron chi connectivity index (χ0n) is 16.9. The van der Waals surface area contributed by atoms with Crippen molar-refractivity contribution in [2.75, 3.05) is 6.61 Å².